The molecule has 26 heavy (non-hydrogen) atoms. The number of hydrogen-bond donors (Lipinski definition) is 1. The third kappa shape index (κ3) is 2.17. The molecule has 1 N–H and O–H groups in total. The number of benzene rings is 2. The van der Waals surface area contributed by atoms with Crippen LogP contribution in [0.15, 0.2) is 24.3 Å². The second kappa shape index (κ2) is 5.59. The quantitative estimate of drug-likeness (QED) is 0.663. The standard InChI is InChI=1S/C19H12O7/c20-13(21)3-1-2-12-16(22)8-4-6-10-15-11(19(25)26-18(10)24)7-5-9(14(8)15)17(12)23/h4-7,12H,1-3H2,(H,20,21). The zero-order valence-corrected chi connectivity index (χ0v) is 13.4. The molecule has 2 aliphatic rings. The maximum atomic E-state index is 12.8. The number of cyclic esters (lactones) is 2. The Morgan fingerprint density at radius 1 is 0.846 bits per heavy atom. The van der Waals surface area contributed by atoms with E-state index in [2.05, 4.69) is 4.74 Å². The van der Waals surface area contributed by atoms with Gasteiger partial charge in [-0.15, -0.1) is 0 Å². The van der Waals surface area contributed by atoms with Crippen LogP contribution < -0.4 is 0 Å². The Labute approximate surface area is 146 Å². The minimum Gasteiger partial charge on any atom is -0.481 e. The number of carbonyl (C=O) groups excluding carboxylic acids is 4. The van der Waals surface area contributed by atoms with Crippen molar-refractivity contribution >= 4 is 40.2 Å². The average Bonchev–Trinajstić information content (AvgIpc) is 2.60. The molecule has 0 unspecified atom stereocenters. The molecule has 0 aromatic heterocycles. The highest BCUT2D eigenvalue weighted by Crippen LogP contribution is 2.39. The van der Waals surface area contributed by atoms with Gasteiger partial charge in [-0.05, 0) is 37.1 Å². The van der Waals surface area contributed by atoms with Crippen molar-refractivity contribution in [3.8, 4) is 0 Å². The van der Waals surface area contributed by atoms with E-state index in [0.717, 1.165) is 0 Å². The molecule has 1 heterocycles. The van der Waals surface area contributed by atoms with Gasteiger partial charge in [0, 0.05) is 28.3 Å². The van der Waals surface area contributed by atoms with E-state index >= 15 is 0 Å². The highest BCUT2D eigenvalue weighted by Gasteiger charge is 2.39. The van der Waals surface area contributed by atoms with Gasteiger partial charge in [-0.1, -0.05) is 0 Å². The van der Waals surface area contributed by atoms with E-state index in [4.69, 9.17) is 5.11 Å². The molecule has 0 saturated heterocycles. The van der Waals surface area contributed by atoms with Crippen molar-refractivity contribution in [1.29, 1.82) is 0 Å². The molecule has 1 aliphatic heterocycles. The van der Waals surface area contributed by atoms with Crippen molar-refractivity contribution in [2.24, 2.45) is 5.92 Å². The van der Waals surface area contributed by atoms with E-state index < -0.39 is 35.4 Å². The van der Waals surface area contributed by atoms with E-state index in [1.807, 2.05) is 0 Å². The van der Waals surface area contributed by atoms with Crippen molar-refractivity contribution in [3.63, 3.8) is 0 Å². The monoisotopic (exact) mass is 352 g/mol. The van der Waals surface area contributed by atoms with Gasteiger partial charge < -0.3 is 9.84 Å². The maximum absolute atomic E-state index is 12.8. The number of Topliss-reactive ketones (excluding diaryl/α,β-unsaturated/α-hetero) is 2. The summed E-state index contributed by atoms with van der Waals surface area (Å²) in [5.41, 5.74) is 0.821. The Balaban J connectivity index is 1.88. The van der Waals surface area contributed by atoms with Gasteiger partial charge in [-0.2, -0.15) is 0 Å². The maximum Gasteiger partial charge on any atom is 0.346 e. The van der Waals surface area contributed by atoms with Crippen molar-refractivity contribution in [2.45, 2.75) is 19.3 Å². The van der Waals surface area contributed by atoms with Crippen LogP contribution in [0.2, 0.25) is 0 Å². The third-order valence-electron chi connectivity index (χ3n) is 4.83. The number of hydrogen-bond acceptors (Lipinski definition) is 6. The molecule has 0 radical (unpaired) electrons. The summed E-state index contributed by atoms with van der Waals surface area (Å²) in [6.45, 7) is 0. The first-order valence-electron chi connectivity index (χ1n) is 8.06. The van der Waals surface area contributed by atoms with Crippen LogP contribution in [-0.2, 0) is 9.53 Å². The molecule has 0 amide bonds. The fourth-order valence-electron chi connectivity index (χ4n) is 3.65. The number of ether oxygens (including phenoxy) is 1. The summed E-state index contributed by atoms with van der Waals surface area (Å²) in [5.74, 6) is -4.39. The molecule has 0 spiro atoms. The Morgan fingerprint density at radius 3 is 1.81 bits per heavy atom. The zero-order valence-electron chi connectivity index (χ0n) is 13.4. The van der Waals surface area contributed by atoms with Crippen LogP contribution in [0.5, 0.6) is 0 Å². The van der Waals surface area contributed by atoms with Crippen LogP contribution in [-0.4, -0.2) is 34.6 Å². The SMILES string of the molecule is O=C(O)CCCC1C(=O)c2ccc3c4c(ccc(c24)C1=O)C(=O)OC3=O. The summed E-state index contributed by atoms with van der Waals surface area (Å²) < 4.78 is 4.68. The number of carboxylic acids is 1. The van der Waals surface area contributed by atoms with Gasteiger partial charge in [0.25, 0.3) is 0 Å². The molecule has 7 heteroatoms. The molecule has 0 saturated carbocycles. The predicted octanol–water partition coefficient (Wildman–Crippen LogP) is 2.40. The molecular weight excluding hydrogens is 340 g/mol. The lowest BCUT2D eigenvalue weighted by atomic mass is 9.76. The predicted molar refractivity (Wildman–Crippen MR) is 87.3 cm³/mol. The lowest BCUT2D eigenvalue weighted by molar-refractivity contribution is -0.137. The first-order chi connectivity index (χ1) is 12.4. The molecule has 4 rings (SSSR count). The number of aliphatic carboxylic acids is 1. The van der Waals surface area contributed by atoms with Crippen LogP contribution >= 0.6 is 0 Å². The molecule has 0 atom stereocenters. The van der Waals surface area contributed by atoms with Gasteiger partial charge in [0.1, 0.15) is 0 Å². The largest absolute Gasteiger partial charge is 0.481 e. The smallest absolute Gasteiger partial charge is 0.346 e. The summed E-state index contributed by atoms with van der Waals surface area (Å²) in [6, 6.07) is 5.76. The molecule has 2 aromatic rings. The number of rotatable bonds is 4. The second-order valence-corrected chi connectivity index (χ2v) is 6.32. The number of ketones is 2. The highest BCUT2D eigenvalue weighted by atomic mass is 16.6. The molecule has 0 fully saturated rings. The summed E-state index contributed by atoms with van der Waals surface area (Å²) in [4.78, 5) is 60.3. The van der Waals surface area contributed by atoms with Crippen molar-refractivity contribution < 1.29 is 33.8 Å². The van der Waals surface area contributed by atoms with Crippen LogP contribution in [0.25, 0.3) is 10.8 Å². The molecule has 2 aromatic carbocycles. The Hall–Kier alpha value is -3.35. The summed E-state index contributed by atoms with van der Waals surface area (Å²) in [6.07, 6.45) is 0.212. The van der Waals surface area contributed by atoms with Crippen LogP contribution in [0, 0.1) is 5.92 Å². The topological polar surface area (TPSA) is 115 Å². The minimum absolute atomic E-state index is 0.127. The van der Waals surface area contributed by atoms with Gasteiger partial charge in [0.05, 0.1) is 17.0 Å². The number of carboxylic acid groups (broad SMARTS) is 1. The number of carbonyl (C=O) groups is 5. The molecule has 1 aliphatic carbocycles. The number of esters is 2. The van der Waals surface area contributed by atoms with Crippen LogP contribution in [0.3, 0.4) is 0 Å². The van der Waals surface area contributed by atoms with Crippen LogP contribution in [0.1, 0.15) is 60.7 Å². The highest BCUT2D eigenvalue weighted by molar-refractivity contribution is 6.33. The van der Waals surface area contributed by atoms with Crippen LogP contribution in [0.4, 0.5) is 0 Å². The van der Waals surface area contributed by atoms with Gasteiger partial charge in [-0.25, -0.2) is 9.59 Å². The fourth-order valence-corrected chi connectivity index (χ4v) is 3.65. The first kappa shape index (κ1) is 16.1. The van der Waals surface area contributed by atoms with Crippen molar-refractivity contribution in [2.75, 3.05) is 0 Å². The lowest BCUT2D eigenvalue weighted by Crippen LogP contribution is -2.31. The molecule has 0 bridgehead atoms. The van der Waals surface area contributed by atoms with Gasteiger partial charge in [0.15, 0.2) is 11.6 Å². The molecular formula is C19H12O7. The normalized spacial score (nSPS) is 16.2. The Kier molecular flexibility index (Phi) is 3.47. The minimum atomic E-state index is -0.989. The fraction of sp³-hybridized carbons (Fsp3) is 0.211. The first-order valence-corrected chi connectivity index (χ1v) is 8.06. The van der Waals surface area contributed by atoms with Crippen molar-refractivity contribution in [1.82, 2.24) is 0 Å². The van der Waals surface area contributed by atoms with E-state index in [-0.39, 0.29) is 46.9 Å². The van der Waals surface area contributed by atoms with E-state index in [1.165, 1.54) is 24.3 Å². The lowest BCUT2D eigenvalue weighted by Gasteiger charge is -2.25. The summed E-state index contributed by atoms with van der Waals surface area (Å²) in [7, 11) is 0. The average molecular weight is 352 g/mol. The van der Waals surface area contributed by atoms with E-state index in [1.54, 1.807) is 0 Å². The Morgan fingerprint density at radius 2 is 1.31 bits per heavy atom. The Bertz CT molecular complexity index is 979. The molecule has 130 valence electrons. The van der Waals surface area contributed by atoms with E-state index in [9.17, 15) is 24.0 Å². The second-order valence-electron chi connectivity index (χ2n) is 6.32. The van der Waals surface area contributed by atoms with Gasteiger partial charge in [-0.3, -0.25) is 14.4 Å². The third-order valence-corrected chi connectivity index (χ3v) is 4.83. The van der Waals surface area contributed by atoms with Gasteiger partial charge >= 0.3 is 17.9 Å². The van der Waals surface area contributed by atoms with E-state index in [0.29, 0.717) is 5.39 Å². The summed E-state index contributed by atoms with van der Waals surface area (Å²) in [5, 5.41) is 9.33. The van der Waals surface area contributed by atoms with Crippen molar-refractivity contribution in [3.05, 3.63) is 46.5 Å². The molecule has 7 nitrogen and oxygen atoms in total. The van der Waals surface area contributed by atoms with Gasteiger partial charge in [0.2, 0.25) is 0 Å². The summed E-state index contributed by atoms with van der Waals surface area (Å²) >= 11 is 0. The zero-order chi connectivity index (χ0) is 18.6.